The van der Waals surface area contributed by atoms with E-state index in [9.17, 15) is 14.4 Å². The van der Waals surface area contributed by atoms with Crippen molar-refractivity contribution in [2.75, 3.05) is 13.2 Å². The molecule has 0 aliphatic carbocycles. The van der Waals surface area contributed by atoms with Crippen LogP contribution < -0.4 is 0 Å². The van der Waals surface area contributed by atoms with Crippen LogP contribution in [0.25, 0.3) is 0 Å². The first kappa shape index (κ1) is 73.4. The molecule has 6 heteroatoms. The Bertz CT molecular complexity index is 1140. The average molecular weight is 1060 g/mol. The number of rotatable bonds is 64. The van der Waals surface area contributed by atoms with Gasteiger partial charge in [0, 0.05) is 19.3 Å². The summed E-state index contributed by atoms with van der Waals surface area (Å²) in [5.74, 6) is 0.0882. The van der Waals surface area contributed by atoms with E-state index < -0.39 is 6.10 Å². The van der Waals surface area contributed by atoms with Gasteiger partial charge in [-0.3, -0.25) is 14.4 Å². The number of unbranched alkanes of at least 4 members (excludes halogenated alkanes) is 50. The maximum Gasteiger partial charge on any atom is 0.306 e. The van der Waals surface area contributed by atoms with E-state index in [1.54, 1.807) is 0 Å². The van der Waals surface area contributed by atoms with E-state index in [0.717, 1.165) is 63.7 Å². The predicted octanol–water partition coefficient (Wildman–Crippen LogP) is 23.3. The Hall–Kier alpha value is -1.59. The molecule has 0 saturated carbocycles. The van der Waals surface area contributed by atoms with Crippen LogP contribution in [0.5, 0.6) is 0 Å². The molecule has 0 N–H and O–H groups in total. The Kier molecular flexibility index (Phi) is 61.9. The Morgan fingerprint density at radius 1 is 0.267 bits per heavy atom. The molecule has 0 fully saturated rings. The van der Waals surface area contributed by atoms with Crippen molar-refractivity contribution in [1.82, 2.24) is 0 Å². The predicted molar refractivity (Wildman–Crippen MR) is 326 cm³/mol. The van der Waals surface area contributed by atoms with Crippen LogP contribution in [0, 0.1) is 5.92 Å². The van der Waals surface area contributed by atoms with E-state index in [4.69, 9.17) is 14.2 Å². The molecule has 6 nitrogen and oxygen atoms in total. The zero-order valence-electron chi connectivity index (χ0n) is 51.5. The van der Waals surface area contributed by atoms with Crippen molar-refractivity contribution in [3.05, 3.63) is 0 Å². The van der Waals surface area contributed by atoms with Crippen molar-refractivity contribution in [1.29, 1.82) is 0 Å². The lowest BCUT2D eigenvalue weighted by molar-refractivity contribution is -0.167. The average Bonchev–Trinajstić information content (AvgIpc) is 3.41. The summed E-state index contributed by atoms with van der Waals surface area (Å²) in [5, 5.41) is 0. The monoisotopic (exact) mass is 1060 g/mol. The maximum atomic E-state index is 12.9. The van der Waals surface area contributed by atoms with Gasteiger partial charge in [0.05, 0.1) is 0 Å². The fourth-order valence-electron chi connectivity index (χ4n) is 10.8. The molecule has 446 valence electrons. The van der Waals surface area contributed by atoms with Gasteiger partial charge < -0.3 is 14.2 Å². The lowest BCUT2D eigenvalue weighted by Crippen LogP contribution is -2.30. The lowest BCUT2D eigenvalue weighted by atomic mass is 9.99. The van der Waals surface area contributed by atoms with E-state index in [1.165, 1.54) is 295 Å². The first-order valence-corrected chi connectivity index (χ1v) is 34.4. The zero-order valence-corrected chi connectivity index (χ0v) is 51.5. The highest BCUT2D eigenvalue weighted by molar-refractivity contribution is 5.71. The van der Waals surface area contributed by atoms with E-state index >= 15 is 0 Å². The van der Waals surface area contributed by atoms with Crippen LogP contribution >= 0.6 is 0 Å². The van der Waals surface area contributed by atoms with Gasteiger partial charge in [0.25, 0.3) is 0 Å². The molecule has 0 saturated heterocycles. The lowest BCUT2D eigenvalue weighted by Gasteiger charge is -2.18. The highest BCUT2D eigenvalue weighted by Gasteiger charge is 2.19. The van der Waals surface area contributed by atoms with Crippen LogP contribution in [-0.2, 0) is 28.6 Å². The second kappa shape index (κ2) is 63.2. The third-order valence-electron chi connectivity index (χ3n) is 16.4. The van der Waals surface area contributed by atoms with Crippen LogP contribution in [0.3, 0.4) is 0 Å². The number of carbonyl (C=O) groups is 3. The molecule has 0 aromatic heterocycles. The van der Waals surface area contributed by atoms with Gasteiger partial charge in [-0.2, -0.15) is 0 Å². The minimum absolute atomic E-state index is 0.0607. The summed E-state index contributed by atoms with van der Waals surface area (Å²) < 4.78 is 17.0. The van der Waals surface area contributed by atoms with Gasteiger partial charge in [-0.05, 0) is 25.2 Å². The van der Waals surface area contributed by atoms with E-state index in [-0.39, 0.29) is 31.1 Å². The van der Waals surface area contributed by atoms with Crippen molar-refractivity contribution < 1.29 is 28.6 Å². The summed E-state index contributed by atoms with van der Waals surface area (Å²) in [6.07, 6.45) is 72.5. The van der Waals surface area contributed by atoms with Crippen molar-refractivity contribution >= 4 is 17.9 Å². The Morgan fingerprint density at radius 2 is 0.467 bits per heavy atom. The van der Waals surface area contributed by atoms with Crippen molar-refractivity contribution in [2.45, 2.75) is 406 Å². The van der Waals surface area contributed by atoms with Crippen LogP contribution in [0.4, 0.5) is 0 Å². The first-order valence-electron chi connectivity index (χ1n) is 34.4. The first-order chi connectivity index (χ1) is 36.9. The van der Waals surface area contributed by atoms with Gasteiger partial charge in [0.15, 0.2) is 6.10 Å². The summed E-state index contributed by atoms with van der Waals surface area (Å²) >= 11 is 0. The fraction of sp³-hybridized carbons (Fsp3) is 0.957. The molecule has 0 aromatic rings. The molecule has 0 aliphatic heterocycles. The SMILES string of the molecule is CCCCCCCCCCCCCCCCCCCCCC(=O)O[C@H](COC(=O)CCCCCCCCCCCCCCCCCC)COC(=O)CCCCCCCCCCCCCCCCCCCCC(C)CC. The van der Waals surface area contributed by atoms with E-state index in [1.807, 2.05) is 0 Å². The van der Waals surface area contributed by atoms with Gasteiger partial charge in [-0.15, -0.1) is 0 Å². The van der Waals surface area contributed by atoms with Crippen LogP contribution in [0.15, 0.2) is 0 Å². The summed E-state index contributed by atoms with van der Waals surface area (Å²) in [5.41, 5.74) is 0. The van der Waals surface area contributed by atoms with E-state index in [0.29, 0.717) is 19.3 Å². The molecule has 0 heterocycles. The molecular formula is C69H134O6. The van der Waals surface area contributed by atoms with Crippen LogP contribution in [-0.4, -0.2) is 37.2 Å². The smallest absolute Gasteiger partial charge is 0.306 e. The van der Waals surface area contributed by atoms with Gasteiger partial charge >= 0.3 is 17.9 Å². The number of carbonyl (C=O) groups excluding carboxylic acids is 3. The number of esters is 3. The Balaban J connectivity index is 4.26. The van der Waals surface area contributed by atoms with Gasteiger partial charge in [-0.1, -0.05) is 362 Å². The number of hydrogen-bond acceptors (Lipinski definition) is 6. The van der Waals surface area contributed by atoms with E-state index in [2.05, 4.69) is 27.7 Å². The van der Waals surface area contributed by atoms with Gasteiger partial charge in [-0.25, -0.2) is 0 Å². The minimum Gasteiger partial charge on any atom is -0.462 e. The summed E-state index contributed by atoms with van der Waals surface area (Å²) in [7, 11) is 0. The van der Waals surface area contributed by atoms with Crippen LogP contribution in [0.2, 0.25) is 0 Å². The normalized spacial score (nSPS) is 12.3. The Morgan fingerprint density at radius 3 is 0.693 bits per heavy atom. The molecule has 2 atom stereocenters. The molecule has 0 radical (unpaired) electrons. The maximum absolute atomic E-state index is 12.9. The van der Waals surface area contributed by atoms with Gasteiger partial charge in [0.1, 0.15) is 13.2 Å². The summed E-state index contributed by atoms with van der Waals surface area (Å²) in [6, 6.07) is 0. The number of ether oxygens (including phenoxy) is 3. The van der Waals surface area contributed by atoms with Crippen LogP contribution in [0.1, 0.15) is 400 Å². The molecule has 0 aliphatic rings. The highest BCUT2D eigenvalue weighted by Crippen LogP contribution is 2.20. The summed E-state index contributed by atoms with van der Waals surface area (Å²) in [6.45, 7) is 9.15. The molecule has 0 rings (SSSR count). The molecule has 1 unspecified atom stereocenters. The molecule has 0 amide bonds. The number of hydrogen-bond donors (Lipinski definition) is 0. The molecular weight excluding hydrogens is 925 g/mol. The molecule has 75 heavy (non-hydrogen) atoms. The second-order valence-corrected chi connectivity index (χ2v) is 24.1. The minimum atomic E-state index is -0.763. The molecule has 0 spiro atoms. The molecule has 0 aromatic carbocycles. The van der Waals surface area contributed by atoms with Gasteiger partial charge in [0.2, 0.25) is 0 Å². The molecule has 0 bridgehead atoms. The second-order valence-electron chi connectivity index (χ2n) is 24.1. The third-order valence-corrected chi connectivity index (χ3v) is 16.4. The standard InChI is InChI=1S/C69H134O6/c1-5-8-10-12-14-16-18-20-22-24-25-30-34-38-42-46-50-54-58-62-69(72)75-66(63-73-67(70)60-56-52-48-44-40-36-32-23-21-19-17-15-13-11-9-6-2)64-74-68(71)61-57-53-49-45-41-37-33-29-27-26-28-31-35-39-43-47-51-55-59-65(4)7-3/h65-66H,5-64H2,1-4H3/t65?,66-/m1/s1. The summed E-state index contributed by atoms with van der Waals surface area (Å²) in [4.78, 5) is 38.4. The van der Waals surface area contributed by atoms with Crippen molar-refractivity contribution in [2.24, 2.45) is 5.92 Å². The topological polar surface area (TPSA) is 78.9 Å². The fourth-order valence-corrected chi connectivity index (χ4v) is 10.8. The van der Waals surface area contributed by atoms with Crippen molar-refractivity contribution in [3.63, 3.8) is 0 Å². The van der Waals surface area contributed by atoms with Crippen molar-refractivity contribution in [3.8, 4) is 0 Å². The zero-order chi connectivity index (χ0) is 54.4. The Labute approximate surface area is 469 Å². The quantitative estimate of drug-likeness (QED) is 0.0343. The largest absolute Gasteiger partial charge is 0.462 e. The highest BCUT2D eigenvalue weighted by atomic mass is 16.6. The third kappa shape index (κ3) is 61.5.